The van der Waals surface area contributed by atoms with Crippen molar-refractivity contribution in [3.8, 4) is 57.0 Å². The molecule has 3 heterocycles. The van der Waals surface area contributed by atoms with E-state index in [1.807, 2.05) is 140 Å². The van der Waals surface area contributed by atoms with Gasteiger partial charge in [0.05, 0.1) is 65.2 Å². The number of alkyl halides is 6. The van der Waals surface area contributed by atoms with E-state index in [-0.39, 0.29) is 0 Å². The van der Waals surface area contributed by atoms with E-state index in [0.717, 1.165) is 146 Å². The lowest BCUT2D eigenvalue weighted by molar-refractivity contribution is -0.138. The first-order valence-corrected chi connectivity index (χ1v) is 43.2. The Balaban J connectivity index is 0.000000116. The van der Waals surface area contributed by atoms with Gasteiger partial charge in [-0.05, 0) is 308 Å². The molecule has 0 aliphatic rings. The quantitative estimate of drug-likeness (QED) is 0.0592. The molecule has 24 aromatic rings. The Morgan fingerprint density at radius 3 is 0.782 bits per heavy atom. The summed E-state index contributed by atoms with van der Waals surface area (Å²) in [6.07, 6.45) is -3.50. The van der Waals surface area contributed by atoms with Crippen molar-refractivity contribution in [2.75, 3.05) is 28.9 Å². The van der Waals surface area contributed by atoms with Gasteiger partial charge in [-0.2, -0.15) is 36.9 Å². The molecule has 0 fully saturated rings. The van der Waals surface area contributed by atoms with Crippen molar-refractivity contribution < 1.29 is 35.8 Å². The molecule has 10 nitrogen and oxygen atoms in total. The van der Waals surface area contributed by atoms with Crippen LogP contribution in [0.4, 0.5) is 77.5 Å². The van der Waals surface area contributed by atoms with Crippen LogP contribution in [-0.2, 0) is 12.4 Å². The molecule has 0 aliphatic heterocycles. The molecule has 0 saturated carbocycles. The van der Waals surface area contributed by atoms with Gasteiger partial charge in [-0.3, -0.25) is 15.0 Å². The molecular weight excluding hydrogens is 1660 g/mol. The van der Waals surface area contributed by atoms with Crippen LogP contribution >= 0.6 is 0 Å². The fraction of sp³-hybridized carbons (Fsp3) is 0.0342. The van der Waals surface area contributed by atoms with E-state index in [9.17, 15) is 36.9 Å². The zero-order valence-electron chi connectivity index (χ0n) is 71.3. The monoisotopic (exact) mass is 1730 g/mol. The second-order valence-corrected chi connectivity index (χ2v) is 32.9. The summed E-state index contributed by atoms with van der Waals surface area (Å²) >= 11 is 0. The van der Waals surface area contributed by atoms with Crippen molar-refractivity contribution in [1.82, 2.24) is 15.0 Å². The first-order chi connectivity index (χ1) is 65.0. The number of halogens is 6. The van der Waals surface area contributed by atoms with Gasteiger partial charge in [-0.15, -0.1) is 0 Å². The summed E-state index contributed by atoms with van der Waals surface area (Å²) in [6, 6.07) is 128. The fourth-order valence-corrected chi connectivity index (χ4v) is 19.2. The highest BCUT2D eigenvalue weighted by Gasteiger charge is 2.33. The van der Waals surface area contributed by atoms with Crippen molar-refractivity contribution in [3.63, 3.8) is 0 Å². The summed E-state index contributed by atoms with van der Waals surface area (Å²) in [5.74, 6) is 1.61. The third-order valence-electron chi connectivity index (χ3n) is 25.4. The summed E-state index contributed by atoms with van der Waals surface area (Å²) in [5.41, 5.74) is 16.4. The minimum atomic E-state index is -4.52. The lowest BCUT2D eigenvalue weighted by atomic mass is 9.89. The highest BCUT2D eigenvalue weighted by Crippen LogP contribution is 2.50. The molecule has 0 amide bonds. The van der Waals surface area contributed by atoms with E-state index in [1.165, 1.54) is 111 Å². The van der Waals surface area contributed by atoms with Gasteiger partial charge < -0.3 is 24.2 Å². The third-order valence-corrected chi connectivity index (χ3v) is 25.4. The van der Waals surface area contributed by atoms with Crippen LogP contribution in [0.3, 0.4) is 0 Å². The minimum absolute atomic E-state index is 0.370. The van der Waals surface area contributed by atoms with Crippen LogP contribution in [0, 0.1) is 22.7 Å². The molecule has 0 bridgehead atoms. The molecule has 21 aromatic carbocycles. The van der Waals surface area contributed by atoms with Crippen molar-refractivity contribution in [2.24, 2.45) is 0 Å². The molecule has 0 radical (unpaired) electrons. The Morgan fingerprint density at radius 2 is 0.496 bits per heavy atom. The molecule has 24 rings (SSSR count). The highest BCUT2D eigenvalue weighted by molar-refractivity contribution is 6.33. The number of nitriles is 2. The molecule has 0 unspecified atom stereocenters. The number of hydrogen-bond donors (Lipinski definition) is 0. The lowest BCUT2D eigenvalue weighted by Gasteiger charge is -2.26. The summed E-state index contributed by atoms with van der Waals surface area (Å²) in [7, 11) is 3.39. The molecule has 16 heteroatoms. The maximum absolute atomic E-state index is 13.3. The maximum Gasteiger partial charge on any atom is 0.416 e. The van der Waals surface area contributed by atoms with Gasteiger partial charge in [-0.25, -0.2) is 0 Å². The zero-order valence-corrected chi connectivity index (χ0v) is 71.3. The topological polar surface area (TPSA) is 114 Å². The Hall–Kier alpha value is -17.5. The van der Waals surface area contributed by atoms with Crippen LogP contribution in [0.5, 0.6) is 11.5 Å². The number of aromatic nitrogens is 3. The lowest BCUT2D eigenvalue weighted by Crippen LogP contribution is -2.12. The fourth-order valence-electron chi connectivity index (χ4n) is 19.2. The molecule has 0 N–H and O–H groups in total. The number of methoxy groups -OCH3 is 2. The van der Waals surface area contributed by atoms with Gasteiger partial charge in [-0.1, -0.05) is 176 Å². The van der Waals surface area contributed by atoms with Gasteiger partial charge in [0.15, 0.2) is 0 Å². The average molecular weight is 1740 g/mol. The van der Waals surface area contributed by atoms with E-state index in [4.69, 9.17) is 19.4 Å². The number of fused-ring (bicyclic) bond motifs is 6. The summed E-state index contributed by atoms with van der Waals surface area (Å²) in [4.78, 5) is 20.1. The third kappa shape index (κ3) is 14.7. The van der Waals surface area contributed by atoms with Crippen LogP contribution in [0.25, 0.3) is 163 Å². The van der Waals surface area contributed by atoms with Crippen LogP contribution in [-0.4, -0.2) is 29.2 Å². The Bertz CT molecular complexity index is 8540. The minimum Gasteiger partial charge on any atom is -0.497 e. The normalized spacial score (nSPS) is 11.7. The molecule has 634 valence electrons. The maximum atomic E-state index is 13.3. The van der Waals surface area contributed by atoms with E-state index in [0.29, 0.717) is 28.2 Å². The predicted molar refractivity (Wildman–Crippen MR) is 529 cm³/mol. The van der Waals surface area contributed by atoms with E-state index < -0.39 is 23.5 Å². The molecule has 3 aromatic heterocycles. The summed E-state index contributed by atoms with van der Waals surface area (Å²) < 4.78 is 91.0. The number of benzene rings is 21. The van der Waals surface area contributed by atoms with Gasteiger partial charge in [0.25, 0.3) is 0 Å². The first-order valence-electron chi connectivity index (χ1n) is 43.2. The zero-order chi connectivity index (χ0) is 90.3. The molecule has 0 aliphatic carbocycles. The van der Waals surface area contributed by atoms with Crippen LogP contribution in [0.2, 0.25) is 0 Å². The van der Waals surface area contributed by atoms with Gasteiger partial charge in [0.2, 0.25) is 0 Å². The number of hydrogen-bond acceptors (Lipinski definition) is 10. The Labute approximate surface area is 758 Å². The highest BCUT2D eigenvalue weighted by atomic mass is 19.4. The molecule has 0 atom stereocenters. The van der Waals surface area contributed by atoms with Gasteiger partial charge >= 0.3 is 12.4 Å². The number of rotatable bonds is 14. The van der Waals surface area contributed by atoms with Crippen LogP contribution in [0.15, 0.2) is 401 Å². The standard InChI is InChI=1S/C39H22F6N2.C39H22N4.C39H28N2O2/c40-38(41,42)27-8-14-30(15-9-27)47(31-16-10-28(11-17-31)39(43,44)45)29-12-5-23(6-13-29)32-18-7-24-3-4-25-22-26-2-1-21-46-37(26)34-20-19-33(32)35(24)36(25)34;40-23-25-3-12-31(13-4-25)43(32-14-5-26(24-41)6-15-32)33-16-9-27(10-17-33)34-18-11-28-7-8-29-22-30-2-1-21-42-39(30)36-20-19-35(34)37(28)38(29)36;1-42-32-9-3-7-30(23-32)41(31-8-4-10-33(24-31)43-2)29-16-13-25(14-17-29)34-18-15-26-11-12-27-22-28-6-5-21-40-39(28)36-20-19-35(34)37(26)38(27)36/h1-22H;1-22H;3-24H,1-2H3. The molecule has 0 saturated heterocycles. The van der Waals surface area contributed by atoms with Crippen LogP contribution in [0.1, 0.15) is 22.3 Å². The number of anilines is 9. The SMILES string of the molecule is COc1cccc(N(c2ccc(-c3ccc4ccc5cc6cccnc6c6ccc3c4c56)cc2)c2cccc(OC)c2)c1.FC(F)(F)c1ccc(N(c2ccc(-c3ccc4ccc5cc6cccnc6c6ccc3c4c56)cc2)c2ccc(C(F)(F)F)cc2)cc1.N#Cc1ccc(N(c2ccc(C#N)cc2)c2ccc(-c3ccc4ccc5cc6cccnc6c6ccc3c4c56)cc2)cc1. The summed E-state index contributed by atoms with van der Waals surface area (Å²) in [6.45, 7) is 0. The second kappa shape index (κ2) is 33.0. The molecule has 0 spiro atoms. The van der Waals surface area contributed by atoms with Crippen molar-refractivity contribution in [1.29, 1.82) is 10.5 Å². The largest absolute Gasteiger partial charge is 0.497 e. The average Bonchev–Trinajstić information content (AvgIpc) is 0.728. The van der Waals surface area contributed by atoms with Crippen molar-refractivity contribution in [3.05, 3.63) is 423 Å². The number of nitrogens with zero attached hydrogens (tertiary/aromatic N) is 8. The van der Waals surface area contributed by atoms with Crippen LogP contribution < -0.4 is 24.2 Å². The molecule has 133 heavy (non-hydrogen) atoms. The van der Waals surface area contributed by atoms with E-state index in [1.54, 1.807) is 25.3 Å². The first kappa shape index (κ1) is 81.3. The number of ether oxygens (including phenoxy) is 2. The van der Waals surface area contributed by atoms with Gasteiger partial charge in [0.1, 0.15) is 11.5 Å². The summed E-state index contributed by atoms with van der Waals surface area (Å²) in [5, 5.41) is 43.5. The number of pyridine rings is 3. The van der Waals surface area contributed by atoms with E-state index >= 15 is 0 Å². The van der Waals surface area contributed by atoms with E-state index in [2.05, 4.69) is 233 Å². The van der Waals surface area contributed by atoms with Crippen molar-refractivity contribution in [2.45, 2.75) is 12.4 Å². The molecular formula is C117H72F6N8O2. The Kier molecular flexibility index (Phi) is 20.2. The Morgan fingerprint density at radius 1 is 0.241 bits per heavy atom. The van der Waals surface area contributed by atoms with Gasteiger partial charge in [0, 0.05) is 114 Å². The van der Waals surface area contributed by atoms with Crippen molar-refractivity contribution >= 4 is 181 Å². The smallest absolute Gasteiger partial charge is 0.416 e. The predicted octanol–water partition coefficient (Wildman–Crippen LogP) is 32.6. The second-order valence-electron chi connectivity index (χ2n) is 32.9.